The molecular weight excluding hydrogens is 519 g/mol. The number of hydrogen-bond donors (Lipinski definition) is 1. The second-order valence-corrected chi connectivity index (χ2v) is 10.1. The number of sulfonamides is 1. The van der Waals surface area contributed by atoms with E-state index in [-0.39, 0.29) is 42.2 Å². The number of nitrogens with zero attached hydrogens (tertiary/aromatic N) is 3. The Hall–Kier alpha value is -2.91. The zero-order chi connectivity index (χ0) is 25.5. The molecule has 2 aliphatic rings. The summed E-state index contributed by atoms with van der Waals surface area (Å²) in [5.41, 5.74) is -5.80. The van der Waals surface area contributed by atoms with Crippen molar-refractivity contribution >= 4 is 33.2 Å². The number of aromatic nitrogens is 1. The Bertz CT molecular complexity index is 1310. The van der Waals surface area contributed by atoms with Crippen molar-refractivity contribution in [3.8, 4) is 0 Å². The highest BCUT2D eigenvalue weighted by Gasteiger charge is 2.49. The van der Waals surface area contributed by atoms with Crippen LogP contribution in [0.4, 0.5) is 22.0 Å². The number of amidine groups is 1. The number of halogens is 5. The van der Waals surface area contributed by atoms with Crippen molar-refractivity contribution in [2.24, 2.45) is 4.99 Å². The third kappa shape index (κ3) is 4.79. The van der Waals surface area contributed by atoms with Gasteiger partial charge in [0.05, 0.1) is 12.2 Å². The Balaban J connectivity index is 1.86. The van der Waals surface area contributed by atoms with Crippen LogP contribution >= 0.6 is 11.3 Å². The molecule has 0 aliphatic carbocycles. The van der Waals surface area contributed by atoms with Gasteiger partial charge in [-0.1, -0.05) is 6.07 Å². The summed E-state index contributed by atoms with van der Waals surface area (Å²) in [5, 5.41) is 1.91. The first-order chi connectivity index (χ1) is 16.4. The number of esters is 1. The number of carbonyl (C=O) groups is 1. The number of nitrogens with one attached hydrogen (secondary N) is 1. The molecule has 0 saturated carbocycles. The minimum Gasteiger partial charge on any atom is -0.463 e. The van der Waals surface area contributed by atoms with Crippen LogP contribution in [0.2, 0.25) is 0 Å². The quantitative estimate of drug-likeness (QED) is 0.450. The first-order valence-corrected chi connectivity index (χ1v) is 12.5. The fraction of sp³-hybridized carbons (Fsp3) is 0.350. The molecule has 188 valence electrons. The van der Waals surface area contributed by atoms with Gasteiger partial charge in [-0.25, -0.2) is 31.7 Å². The van der Waals surface area contributed by atoms with E-state index in [1.54, 1.807) is 10.1 Å². The molecular formula is C20H17F5N4O4S2. The standard InChI is InChI=1S/C20H17F5N4O4S2/c1-2-33-19(30)15-14-8-11(28-35(31,32)20(23,24)25)9-29(14)17(18-26-5-6-34-18)27-16(15)12-4-3-10(21)7-13(12)22/h3-7,11,16,28H,2,8-9H2,1H3/t11-,16-/m0/s1. The molecule has 1 N–H and O–H groups in total. The molecule has 4 rings (SSSR count). The number of thiazole rings is 1. The van der Waals surface area contributed by atoms with Gasteiger partial charge >= 0.3 is 21.5 Å². The second-order valence-electron chi connectivity index (χ2n) is 7.52. The summed E-state index contributed by atoms with van der Waals surface area (Å²) in [6.45, 7) is 1.16. The van der Waals surface area contributed by atoms with E-state index in [0.717, 1.165) is 23.5 Å². The lowest BCUT2D eigenvalue weighted by Crippen LogP contribution is -2.44. The smallest absolute Gasteiger partial charge is 0.463 e. The van der Waals surface area contributed by atoms with Crippen molar-refractivity contribution in [2.45, 2.75) is 30.9 Å². The lowest BCUT2D eigenvalue weighted by molar-refractivity contribution is -0.139. The summed E-state index contributed by atoms with van der Waals surface area (Å²) in [7, 11) is -5.69. The number of rotatable bonds is 6. The molecule has 0 amide bonds. The summed E-state index contributed by atoms with van der Waals surface area (Å²) >= 11 is 1.13. The predicted molar refractivity (Wildman–Crippen MR) is 115 cm³/mol. The SMILES string of the molecule is CCOC(=O)C1=C2C[C@H](NS(=O)(=O)C(F)(F)F)CN2C(c2nccs2)=N[C@H]1c1ccc(F)cc1F. The summed E-state index contributed by atoms with van der Waals surface area (Å²) in [4.78, 5) is 22.9. The van der Waals surface area contributed by atoms with Crippen LogP contribution in [0.25, 0.3) is 0 Å². The van der Waals surface area contributed by atoms with Gasteiger partial charge in [-0.15, -0.1) is 11.3 Å². The monoisotopic (exact) mass is 536 g/mol. The van der Waals surface area contributed by atoms with Gasteiger partial charge in [0, 0.05) is 47.9 Å². The molecule has 15 heteroatoms. The normalized spacial score (nSPS) is 20.6. The number of aliphatic imine (C=N–C) groups is 1. The highest BCUT2D eigenvalue weighted by Crippen LogP contribution is 2.42. The van der Waals surface area contributed by atoms with E-state index in [9.17, 15) is 35.2 Å². The van der Waals surface area contributed by atoms with E-state index >= 15 is 0 Å². The Morgan fingerprint density at radius 1 is 1.31 bits per heavy atom. The maximum Gasteiger partial charge on any atom is 0.511 e. The van der Waals surface area contributed by atoms with E-state index in [1.165, 1.54) is 18.0 Å². The minimum absolute atomic E-state index is 0.0680. The van der Waals surface area contributed by atoms with Gasteiger partial charge in [-0.3, -0.25) is 4.99 Å². The Labute approximate surface area is 200 Å². The van der Waals surface area contributed by atoms with E-state index in [2.05, 4.69) is 9.98 Å². The second kappa shape index (κ2) is 9.28. The van der Waals surface area contributed by atoms with Crippen molar-refractivity contribution in [1.29, 1.82) is 0 Å². The van der Waals surface area contributed by atoms with Gasteiger partial charge in [-0.05, 0) is 13.0 Å². The summed E-state index contributed by atoms with van der Waals surface area (Å²) in [6.07, 6.45) is 1.10. The Morgan fingerprint density at radius 2 is 2.06 bits per heavy atom. The largest absolute Gasteiger partial charge is 0.511 e. The highest BCUT2D eigenvalue weighted by molar-refractivity contribution is 7.90. The maximum atomic E-state index is 14.8. The van der Waals surface area contributed by atoms with Crippen LogP contribution in [0.3, 0.4) is 0 Å². The minimum atomic E-state index is -5.69. The molecule has 2 atom stereocenters. The summed E-state index contributed by atoms with van der Waals surface area (Å²) in [6, 6.07) is 0.0711. The average Bonchev–Trinajstić information content (AvgIpc) is 3.41. The first kappa shape index (κ1) is 25.2. The molecule has 0 radical (unpaired) electrons. The number of ether oxygens (including phenoxy) is 1. The number of alkyl halides is 3. The number of benzene rings is 1. The molecule has 1 fully saturated rings. The van der Waals surface area contributed by atoms with Crippen LogP contribution in [-0.2, 0) is 19.6 Å². The molecule has 0 unspecified atom stereocenters. The molecule has 3 heterocycles. The Kier molecular flexibility index (Phi) is 6.68. The zero-order valence-electron chi connectivity index (χ0n) is 17.8. The molecule has 35 heavy (non-hydrogen) atoms. The molecule has 2 aliphatic heterocycles. The van der Waals surface area contributed by atoms with Gasteiger partial charge in [-0.2, -0.15) is 13.2 Å². The first-order valence-electron chi connectivity index (χ1n) is 10.1. The van der Waals surface area contributed by atoms with Crippen LogP contribution < -0.4 is 4.72 Å². The molecule has 2 aromatic rings. The molecule has 0 spiro atoms. The Morgan fingerprint density at radius 3 is 2.66 bits per heavy atom. The average molecular weight is 537 g/mol. The van der Waals surface area contributed by atoms with Crippen LogP contribution in [0.15, 0.2) is 46.0 Å². The fourth-order valence-electron chi connectivity index (χ4n) is 3.88. The van der Waals surface area contributed by atoms with Crippen molar-refractivity contribution in [3.63, 3.8) is 0 Å². The summed E-state index contributed by atoms with van der Waals surface area (Å²) in [5.74, 6) is -2.67. The van der Waals surface area contributed by atoms with Gasteiger partial charge < -0.3 is 9.64 Å². The summed E-state index contributed by atoms with van der Waals surface area (Å²) < 4.78 is 97.4. The van der Waals surface area contributed by atoms with Gasteiger partial charge in [0.15, 0.2) is 10.8 Å². The van der Waals surface area contributed by atoms with E-state index in [0.29, 0.717) is 11.1 Å². The van der Waals surface area contributed by atoms with E-state index in [1.807, 2.05) is 0 Å². The van der Waals surface area contributed by atoms with Crippen molar-refractivity contribution in [3.05, 3.63) is 63.3 Å². The molecule has 1 aromatic carbocycles. The van der Waals surface area contributed by atoms with Crippen LogP contribution in [0.1, 0.15) is 30.0 Å². The molecule has 0 bridgehead atoms. The van der Waals surface area contributed by atoms with Gasteiger partial charge in [0.2, 0.25) is 0 Å². The topological polar surface area (TPSA) is 101 Å². The van der Waals surface area contributed by atoms with Crippen molar-refractivity contribution < 1.29 is 39.9 Å². The predicted octanol–water partition coefficient (Wildman–Crippen LogP) is 3.25. The lowest BCUT2D eigenvalue weighted by Gasteiger charge is -2.31. The third-order valence-electron chi connectivity index (χ3n) is 5.26. The number of carbonyl (C=O) groups excluding carboxylic acids is 1. The van der Waals surface area contributed by atoms with Gasteiger partial charge in [0.25, 0.3) is 0 Å². The van der Waals surface area contributed by atoms with Crippen molar-refractivity contribution in [2.75, 3.05) is 13.2 Å². The third-order valence-corrected chi connectivity index (χ3v) is 7.28. The van der Waals surface area contributed by atoms with Crippen LogP contribution in [-0.4, -0.2) is 54.8 Å². The van der Waals surface area contributed by atoms with Crippen molar-refractivity contribution in [1.82, 2.24) is 14.6 Å². The highest BCUT2D eigenvalue weighted by atomic mass is 32.2. The van der Waals surface area contributed by atoms with Crippen LogP contribution in [0, 0.1) is 11.6 Å². The number of fused-ring (bicyclic) bond motifs is 1. The van der Waals surface area contributed by atoms with Crippen LogP contribution in [0.5, 0.6) is 0 Å². The molecule has 1 saturated heterocycles. The fourth-order valence-corrected chi connectivity index (χ4v) is 5.25. The molecule has 8 nitrogen and oxygen atoms in total. The van der Waals surface area contributed by atoms with Gasteiger partial charge in [0.1, 0.15) is 17.7 Å². The maximum absolute atomic E-state index is 14.8. The lowest BCUT2D eigenvalue weighted by atomic mass is 9.94. The van der Waals surface area contributed by atoms with E-state index < -0.39 is 45.2 Å². The number of hydrogen-bond acceptors (Lipinski definition) is 8. The zero-order valence-corrected chi connectivity index (χ0v) is 19.5. The van der Waals surface area contributed by atoms with E-state index in [4.69, 9.17) is 4.74 Å². The molecule has 1 aromatic heterocycles.